The SMILES string of the molecule is COCCNCC1(c2c(Cl)cccc2Cl)CC(C)(C)C1. The number of hydrogen-bond donors (Lipinski definition) is 1. The molecule has 0 aliphatic heterocycles. The second-order valence-corrected chi connectivity index (χ2v) is 7.38. The molecular weight excluding hydrogens is 293 g/mol. The van der Waals surface area contributed by atoms with Crippen LogP contribution in [0.5, 0.6) is 0 Å². The van der Waals surface area contributed by atoms with Crippen molar-refractivity contribution < 1.29 is 4.74 Å². The zero-order valence-electron chi connectivity index (χ0n) is 12.4. The minimum absolute atomic E-state index is 0.0483. The molecule has 0 aromatic heterocycles. The van der Waals surface area contributed by atoms with Gasteiger partial charge in [-0.3, -0.25) is 0 Å². The molecule has 0 spiro atoms. The molecule has 0 saturated heterocycles. The zero-order valence-corrected chi connectivity index (χ0v) is 13.9. The third kappa shape index (κ3) is 3.30. The lowest BCUT2D eigenvalue weighted by molar-refractivity contribution is 0.0550. The van der Waals surface area contributed by atoms with E-state index < -0.39 is 0 Å². The Kier molecular flexibility index (Phi) is 5.01. The van der Waals surface area contributed by atoms with Gasteiger partial charge in [0.05, 0.1) is 6.61 Å². The molecule has 1 saturated carbocycles. The predicted molar refractivity (Wildman–Crippen MR) is 85.9 cm³/mol. The van der Waals surface area contributed by atoms with E-state index in [4.69, 9.17) is 27.9 Å². The van der Waals surface area contributed by atoms with Crippen LogP contribution >= 0.6 is 23.2 Å². The standard InChI is InChI=1S/C16H23Cl2NO/c1-15(2)9-16(10-15,11-19-7-8-20-3)14-12(17)5-4-6-13(14)18/h4-6,19H,7-11H2,1-3H3. The van der Waals surface area contributed by atoms with Gasteiger partial charge in [-0.15, -0.1) is 0 Å². The average molecular weight is 316 g/mol. The summed E-state index contributed by atoms with van der Waals surface area (Å²) in [4.78, 5) is 0. The number of rotatable bonds is 6. The summed E-state index contributed by atoms with van der Waals surface area (Å²) < 4.78 is 5.09. The van der Waals surface area contributed by atoms with Gasteiger partial charge in [0.15, 0.2) is 0 Å². The van der Waals surface area contributed by atoms with Crippen LogP contribution in [-0.4, -0.2) is 26.8 Å². The lowest BCUT2D eigenvalue weighted by Gasteiger charge is -2.54. The molecule has 1 N–H and O–H groups in total. The maximum atomic E-state index is 6.42. The molecule has 1 aliphatic carbocycles. The van der Waals surface area contributed by atoms with Crippen molar-refractivity contribution in [3.63, 3.8) is 0 Å². The first-order chi connectivity index (χ1) is 9.40. The Labute approximate surface area is 131 Å². The van der Waals surface area contributed by atoms with Crippen molar-refractivity contribution in [2.24, 2.45) is 5.41 Å². The van der Waals surface area contributed by atoms with E-state index in [-0.39, 0.29) is 5.41 Å². The monoisotopic (exact) mass is 315 g/mol. The molecular formula is C16H23Cl2NO. The first-order valence-corrected chi connectivity index (χ1v) is 7.80. The van der Waals surface area contributed by atoms with Crippen LogP contribution in [0.15, 0.2) is 18.2 Å². The quantitative estimate of drug-likeness (QED) is 0.791. The van der Waals surface area contributed by atoms with Gasteiger partial charge < -0.3 is 10.1 Å². The minimum atomic E-state index is 0.0483. The Bertz CT molecular complexity index is 445. The van der Waals surface area contributed by atoms with E-state index in [2.05, 4.69) is 19.2 Å². The molecule has 0 radical (unpaired) electrons. The number of hydrogen-bond acceptors (Lipinski definition) is 2. The van der Waals surface area contributed by atoms with Crippen LogP contribution in [0, 0.1) is 5.41 Å². The van der Waals surface area contributed by atoms with Gasteiger partial charge in [-0.2, -0.15) is 0 Å². The molecule has 2 rings (SSSR count). The summed E-state index contributed by atoms with van der Waals surface area (Å²) in [6.07, 6.45) is 2.20. The lowest BCUT2D eigenvalue weighted by Crippen LogP contribution is -2.53. The molecule has 0 bridgehead atoms. The van der Waals surface area contributed by atoms with Crippen LogP contribution in [0.2, 0.25) is 10.0 Å². The molecule has 0 heterocycles. The molecule has 112 valence electrons. The number of nitrogens with one attached hydrogen (secondary N) is 1. The molecule has 2 nitrogen and oxygen atoms in total. The Morgan fingerprint density at radius 3 is 2.30 bits per heavy atom. The molecule has 4 heteroatoms. The second kappa shape index (κ2) is 6.23. The van der Waals surface area contributed by atoms with Crippen LogP contribution in [0.1, 0.15) is 32.3 Å². The summed E-state index contributed by atoms with van der Waals surface area (Å²) in [6.45, 7) is 7.05. The maximum Gasteiger partial charge on any atom is 0.0587 e. The molecule has 1 fully saturated rings. The maximum absolute atomic E-state index is 6.42. The van der Waals surface area contributed by atoms with E-state index in [0.29, 0.717) is 5.41 Å². The summed E-state index contributed by atoms with van der Waals surface area (Å²) in [5.74, 6) is 0. The van der Waals surface area contributed by atoms with Gasteiger partial charge in [0.1, 0.15) is 0 Å². The van der Waals surface area contributed by atoms with Gasteiger partial charge in [0, 0.05) is 35.7 Å². The summed E-state index contributed by atoms with van der Waals surface area (Å²) in [6, 6.07) is 5.78. The smallest absolute Gasteiger partial charge is 0.0587 e. The van der Waals surface area contributed by atoms with Crippen LogP contribution in [-0.2, 0) is 10.2 Å². The number of benzene rings is 1. The summed E-state index contributed by atoms with van der Waals surface area (Å²) in [7, 11) is 1.72. The molecule has 20 heavy (non-hydrogen) atoms. The van der Waals surface area contributed by atoms with E-state index in [1.807, 2.05) is 18.2 Å². The lowest BCUT2D eigenvalue weighted by atomic mass is 9.52. The Balaban J connectivity index is 2.20. The van der Waals surface area contributed by atoms with Crippen molar-refractivity contribution in [3.8, 4) is 0 Å². The van der Waals surface area contributed by atoms with Crippen LogP contribution in [0.4, 0.5) is 0 Å². The fourth-order valence-corrected chi connectivity index (χ4v) is 4.48. The number of ether oxygens (including phenoxy) is 1. The first kappa shape index (κ1) is 16.1. The van der Waals surface area contributed by atoms with E-state index in [0.717, 1.165) is 48.1 Å². The highest BCUT2D eigenvalue weighted by Crippen LogP contribution is 2.57. The third-order valence-electron chi connectivity index (χ3n) is 4.07. The summed E-state index contributed by atoms with van der Waals surface area (Å²) >= 11 is 12.8. The van der Waals surface area contributed by atoms with Gasteiger partial charge in [-0.05, 0) is 36.0 Å². The fourth-order valence-electron chi connectivity index (χ4n) is 3.68. The van der Waals surface area contributed by atoms with E-state index >= 15 is 0 Å². The van der Waals surface area contributed by atoms with Crippen LogP contribution < -0.4 is 5.32 Å². The molecule has 0 unspecified atom stereocenters. The Morgan fingerprint density at radius 1 is 1.20 bits per heavy atom. The van der Waals surface area contributed by atoms with Gasteiger partial charge in [-0.1, -0.05) is 43.1 Å². The summed E-state index contributed by atoms with van der Waals surface area (Å²) in [5.41, 5.74) is 1.51. The Morgan fingerprint density at radius 2 is 1.80 bits per heavy atom. The second-order valence-electron chi connectivity index (χ2n) is 6.56. The molecule has 1 aromatic rings. The first-order valence-electron chi connectivity index (χ1n) is 7.04. The highest BCUT2D eigenvalue weighted by molar-refractivity contribution is 6.36. The summed E-state index contributed by atoms with van der Waals surface area (Å²) in [5, 5.41) is 5.04. The van der Waals surface area contributed by atoms with Crippen LogP contribution in [0.25, 0.3) is 0 Å². The Hall–Kier alpha value is -0.280. The van der Waals surface area contributed by atoms with Gasteiger partial charge in [0.25, 0.3) is 0 Å². The van der Waals surface area contributed by atoms with Crippen molar-refractivity contribution in [2.45, 2.75) is 32.1 Å². The van der Waals surface area contributed by atoms with E-state index in [1.54, 1.807) is 7.11 Å². The number of halogens is 2. The highest BCUT2D eigenvalue weighted by Gasteiger charge is 2.51. The highest BCUT2D eigenvalue weighted by atomic mass is 35.5. The molecule has 0 atom stereocenters. The van der Waals surface area contributed by atoms with Crippen LogP contribution in [0.3, 0.4) is 0 Å². The predicted octanol–water partition coefficient (Wildman–Crippen LogP) is 4.29. The normalized spacial score (nSPS) is 19.6. The van der Waals surface area contributed by atoms with Crippen molar-refractivity contribution in [3.05, 3.63) is 33.8 Å². The van der Waals surface area contributed by atoms with E-state index in [1.165, 1.54) is 0 Å². The van der Waals surface area contributed by atoms with E-state index in [9.17, 15) is 0 Å². The van der Waals surface area contributed by atoms with Gasteiger partial charge in [-0.25, -0.2) is 0 Å². The topological polar surface area (TPSA) is 21.3 Å². The van der Waals surface area contributed by atoms with Gasteiger partial charge in [0.2, 0.25) is 0 Å². The van der Waals surface area contributed by atoms with Crippen molar-refractivity contribution in [1.29, 1.82) is 0 Å². The average Bonchev–Trinajstić information content (AvgIpc) is 2.32. The van der Waals surface area contributed by atoms with Crippen molar-refractivity contribution in [2.75, 3.05) is 26.8 Å². The molecule has 0 amide bonds. The number of methoxy groups -OCH3 is 1. The van der Waals surface area contributed by atoms with Gasteiger partial charge >= 0.3 is 0 Å². The van der Waals surface area contributed by atoms with Crippen molar-refractivity contribution >= 4 is 23.2 Å². The molecule has 1 aromatic carbocycles. The molecule has 1 aliphatic rings. The minimum Gasteiger partial charge on any atom is -0.383 e. The third-order valence-corrected chi connectivity index (χ3v) is 4.70. The zero-order chi connectivity index (χ0) is 14.8. The van der Waals surface area contributed by atoms with Crippen molar-refractivity contribution in [1.82, 2.24) is 5.32 Å². The largest absolute Gasteiger partial charge is 0.383 e. The fraction of sp³-hybridized carbons (Fsp3) is 0.625.